The van der Waals surface area contributed by atoms with Gasteiger partial charge in [-0.2, -0.15) is 0 Å². The zero-order valence-electron chi connectivity index (χ0n) is 15.0. The highest BCUT2D eigenvalue weighted by Crippen LogP contribution is 2.27. The van der Waals surface area contributed by atoms with Crippen molar-refractivity contribution in [1.29, 1.82) is 0 Å². The maximum atomic E-state index is 12.8. The van der Waals surface area contributed by atoms with Gasteiger partial charge in [-0.25, -0.2) is 0 Å². The van der Waals surface area contributed by atoms with E-state index >= 15 is 0 Å². The van der Waals surface area contributed by atoms with Crippen LogP contribution in [0.1, 0.15) is 47.2 Å². The van der Waals surface area contributed by atoms with Gasteiger partial charge in [-0.05, 0) is 55.7 Å². The van der Waals surface area contributed by atoms with E-state index < -0.39 is 0 Å². The van der Waals surface area contributed by atoms with Gasteiger partial charge >= 0.3 is 0 Å². The van der Waals surface area contributed by atoms with E-state index in [0.717, 1.165) is 36.8 Å². The molecule has 0 aromatic heterocycles. The molecule has 2 N–H and O–H groups in total. The molecule has 138 valence electrons. The van der Waals surface area contributed by atoms with E-state index in [2.05, 4.69) is 41.0 Å². The molecule has 3 nitrogen and oxygen atoms in total. The number of halogens is 1. The van der Waals surface area contributed by atoms with Crippen LogP contribution in [0.5, 0.6) is 0 Å². The lowest BCUT2D eigenvalue weighted by Gasteiger charge is -2.30. The third-order valence-electron chi connectivity index (χ3n) is 5.60. The lowest BCUT2D eigenvalue weighted by molar-refractivity contribution is 0.0923. The van der Waals surface area contributed by atoms with Gasteiger partial charge in [-0.3, -0.25) is 4.79 Å². The fourth-order valence-electron chi connectivity index (χ4n) is 4.32. The average Bonchev–Trinajstić information content (AvgIpc) is 2.99. The molecule has 4 heteroatoms. The molecule has 0 aliphatic carbocycles. The van der Waals surface area contributed by atoms with Crippen LogP contribution < -0.4 is 10.6 Å². The van der Waals surface area contributed by atoms with Crippen LogP contribution in [0, 0.1) is 0 Å². The van der Waals surface area contributed by atoms with Crippen LogP contribution in [0.25, 0.3) is 0 Å². The number of piperidine rings is 1. The number of fused-ring (bicyclic) bond motifs is 2. The van der Waals surface area contributed by atoms with Crippen LogP contribution in [-0.2, 0) is 12.8 Å². The minimum Gasteiger partial charge on any atom is -0.349 e. The highest BCUT2D eigenvalue weighted by Gasteiger charge is 2.34. The maximum Gasteiger partial charge on any atom is 0.251 e. The molecule has 2 atom stereocenters. The third kappa shape index (κ3) is 4.46. The summed E-state index contributed by atoms with van der Waals surface area (Å²) in [4.78, 5) is 12.8. The molecule has 2 aliphatic rings. The van der Waals surface area contributed by atoms with Crippen molar-refractivity contribution in [2.24, 2.45) is 0 Å². The molecule has 26 heavy (non-hydrogen) atoms. The summed E-state index contributed by atoms with van der Waals surface area (Å²) >= 11 is 0. The molecular weight excluding hydrogens is 344 g/mol. The second kappa shape index (κ2) is 8.70. The Labute approximate surface area is 162 Å². The van der Waals surface area contributed by atoms with Crippen LogP contribution in [-0.4, -0.2) is 24.0 Å². The predicted octanol–water partition coefficient (Wildman–Crippen LogP) is 3.91. The van der Waals surface area contributed by atoms with Gasteiger partial charge in [0.1, 0.15) is 0 Å². The monoisotopic (exact) mass is 370 g/mol. The number of rotatable bonds is 5. The van der Waals surface area contributed by atoms with Gasteiger partial charge in [0.05, 0.1) is 0 Å². The molecule has 2 heterocycles. The van der Waals surface area contributed by atoms with Gasteiger partial charge in [0, 0.05) is 23.7 Å². The Bertz CT molecular complexity index is 722. The highest BCUT2D eigenvalue weighted by atomic mass is 35.5. The van der Waals surface area contributed by atoms with Crippen molar-refractivity contribution in [2.75, 3.05) is 0 Å². The van der Waals surface area contributed by atoms with Crippen LogP contribution in [0.3, 0.4) is 0 Å². The van der Waals surface area contributed by atoms with Gasteiger partial charge in [0.25, 0.3) is 5.91 Å². The summed E-state index contributed by atoms with van der Waals surface area (Å²) in [6.45, 7) is 0. The molecule has 4 rings (SSSR count). The van der Waals surface area contributed by atoms with Crippen molar-refractivity contribution < 1.29 is 4.79 Å². The summed E-state index contributed by atoms with van der Waals surface area (Å²) in [6, 6.07) is 20.0. The quantitative estimate of drug-likeness (QED) is 0.837. The van der Waals surface area contributed by atoms with Crippen LogP contribution >= 0.6 is 12.4 Å². The molecule has 2 saturated heterocycles. The minimum absolute atomic E-state index is 0. The molecule has 2 aliphatic heterocycles. The normalized spacial score (nSPS) is 23.9. The second-order valence-electron chi connectivity index (χ2n) is 7.42. The number of carbonyl (C=O) groups is 1. The second-order valence-corrected chi connectivity index (χ2v) is 7.42. The SMILES string of the molecule is Cl.O=C(NC1CC2CCC(C1)N2)c1ccccc1CCc1ccccc1. The predicted molar refractivity (Wildman–Crippen MR) is 108 cm³/mol. The smallest absolute Gasteiger partial charge is 0.251 e. The Hall–Kier alpha value is -1.84. The molecule has 0 spiro atoms. The fourth-order valence-corrected chi connectivity index (χ4v) is 4.32. The lowest BCUT2D eigenvalue weighted by atomic mass is 9.97. The summed E-state index contributed by atoms with van der Waals surface area (Å²) < 4.78 is 0. The Morgan fingerprint density at radius 3 is 2.31 bits per heavy atom. The number of nitrogens with one attached hydrogen (secondary N) is 2. The topological polar surface area (TPSA) is 41.1 Å². The first-order chi connectivity index (χ1) is 12.3. The molecule has 2 aromatic carbocycles. The van der Waals surface area contributed by atoms with Crippen LogP contribution in [0.15, 0.2) is 54.6 Å². The van der Waals surface area contributed by atoms with Crippen molar-refractivity contribution in [3.63, 3.8) is 0 Å². The Balaban J connectivity index is 0.00000196. The largest absolute Gasteiger partial charge is 0.349 e. The summed E-state index contributed by atoms with van der Waals surface area (Å²) in [5.74, 6) is 0.0926. The number of amides is 1. The van der Waals surface area contributed by atoms with E-state index in [1.807, 2.05) is 24.3 Å². The minimum atomic E-state index is 0. The molecule has 0 saturated carbocycles. The first kappa shape index (κ1) is 18.9. The van der Waals surface area contributed by atoms with Crippen molar-refractivity contribution in [1.82, 2.24) is 10.6 Å². The third-order valence-corrected chi connectivity index (χ3v) is 5.60. The summed E-state index contributed by atoms with van der Waals surface area (Å²) in [5.41, 5.74) is 3.29. The summed E-state index contributed by atoms with van der Waals surface area (Å²) in [7, 11) is 0. The van der Waals surface area contributed by atoms with Crippen LogP contribution in [0.4, 0.5) is 0 Å². The van der Waals surface area contributed by atoms with Gasteiger partial charge in [-0.1, -0.05) is 48.5 Å². The standard InChI is InChI=1S/C22H26N2O.ClH/c25-22(24-20-14-18-12-13-19(15-20)23-18)21-9-5-4-8-17(21)11-10-16-6-2-1-3-7-16;/h1-9,18-20,23H,10-15H2,(H,24,25);1H. The maximum absolute atomic E-state index is 12.8. The first-order valence-electron chi connectivity index (χ1n) is 9.46. The van der Waals surface area contributed by atoms with E-state index in [9.17, 15) is 4.79 Å². The Morgan fingerprint density at radius 1 is 0.923 bits per heavy atom. The van der Waals surface area contributed by atoms with Gasteiger partial charge in [-0.15, -0.1) is 12.4 Å². The number of hydrogen-bond acceptors (Lipinski definition) is 2. The number of carbonyl (C=O) groups excluding carboxylic acids is 1. The fraction of sp³-hybridized carbons (Fsp3) is 0.409. The zero-order chi connectivity index (χ0) is 17.1. The van der Waals surface area contributed by atoms with E-state index in [0.29, 0.717) is 18.1 Å². The van der Waals surface area contributed by atoms with Crippen molar-refractivity contribution in [3.05, 3.63) is 71.3 Å². The van der Waals surface area contributed by atoms with Gasteiger partial charge < -0.3 is 10.6 Å². The van der Waals surface area contributed by atoms with Gasteiger partial charge in [0.2, 0.25) is 0 Å². The van der Waals surface area contributed by atoms with Crippen LogP contribution in [0.2, 0.25) is 0 Å². The molecule has 0 radical (unpaired) electrons. The number of hydrogen-bond donors (Lipinski definition) is 2. The lowest BCUT2D eigenvalue weighted by Crippen LogP contribution is -2.48. The van der Waals surface area contributed by atoms with E-state index in [4.69, 9.17) is 0 Å². The van der Waals surface area contributed by atoms with Crippen molar-refractivity contribution >= 4 is 18.3 Å². The summed E-state index contributed by atoms with van der Waals surface area (Å²) in [6.07, 6.45) is 6.49. The van der Waals surface area contributed by atoms with E-state index in [1.54, 1.807) is 0 Å². The molecule has 2 bridgehead atoms. The average molecular weight is 371 g/mol. The van der Waals surface area contributed by atoms with E-state index in [-0.39, 0.29) is 18.3 Å². The summed E-state index contributed by atoms with van der Waals surface area (Å²) in [5, 5.41) is 6.93. The Morgan fingerprint density at radius 2 is 1.58 bits per heavy atom. The first-order valence-corrected chi connectivity index (χ1v) is 9.46. The van der Waals surface area contributed by atoms with E-state index in [1.165, 1.54) is 18.4 Å². The molecular formula is C22H27ClN2O. The van der Waals surface area contributed by atoms with Crippen molar-refractivity contribution in [2.45, 2.75) is 56.7 Å². The molecule has 2 fully saturated rings. The Kier molecular flexibility index (Phi) is 6.33. The van der Waals surface area contributed by atoms with Crippen molar-refractivity contribution in [3.8, 4) is 0 Å². The molecule has 1 amide bonds. The number of aryl methyl sites for hydroxylation is 2. The molecule has 2 unspecified atom stereocenters. The zero-order valence-corrected chi connectivity index (χ0v) is 15.8. The number of benzene rings is 2. The van der Waals surface area contributed by atoms with Gasteiger partial charge in [0.15, 0.2) is 0 Å². The highest BCUT2D eigenvalue weighted by molar-refractivity contribution is 5.95. The molecule has 2 aromatic rings.